The summed E-state index contributed by atoms with van der Waals surface area (Å²) in [6.45, 7) is 0.205. The molecule has 1 amide bonds. The molecular formula is C25H20ClF3N4OS. The average Bonchev–Trinajstić information content (AvgIpc) is 3.51. The molecule has 5 nitrogen and oxygen atoms in total. The van der Waals surface area contributed by atoms with Crippen LogP contribution in [-0.2, 0) is 6.54 Å². The Morgan fingerprint density at radius 1 is 1.09 bits per heavy atom. The van der Waals surface area contributed by atoms with Crippen LogP contribution in [0.25, 0.3) is 0 Å². The molecule has 2 atom stereocenters. The molecule has 2 aromatic carbocycles. The van der Waals surface area contributed by atoms with Gasteiger partial charge in [0.05, 0.1) is 12.6 Å². The summed E-state index contributed by atoms with van der Waals surface area (Å²) in [6.07, 6.45) is -4.82. The first-order valence-electron chi connectivity index (χ1n) is 10.9. The van der Waals surface area contributed by atoms with Crippen LogP contribution in [0.1, 0.15) is 39.4 Å². The maximum atomic E-state index is 14.1. The van der Waals surface area contributed by atoms with Gasteiger partial charge in [-0.15, -0.1) is 11.3 Å². The number of para-hydroxylation sites is 1. The number of fused-ring (bicyclic) bond motifs is 1. The van der Waals surface area contributed by atoms with Gasteiger partial charge >= 0.3 is 6.18 Å². The Kier molecular flexibility index (Phi) is 6.29. The highest BCUT2D eigenvalue weighted by Crippen LogP contribution is 2.47. The van der Waals surface area contributed by atoms with E-state index in [2.05, 4.69) is 10.4 Å². The fourth-order valence-electron chi connectivity index (χ4n) is 4.18. The summed E-state index contributed by atoms with van der Waals surface area (Å²) in [6, 6.07) is 19.3. The van der Waals surface area contributed by atoms with Crippen LogP contribution in [0.15, 0.2) is 78.2 Å². The van der Waals surface area contributed by atoms with Crippen LogP contribution in [-0.4, -0.2) is 21.9 Å². The number of nitrogens with zero attached hydrogens (tertiary/aromatic N) is 3. The lowest BCUT2D eigenvalue weighted by atomic mass is 10.0. The van der Waals surface area contributed by atoms with E-state index in [1.165, 1.54) is 16.2 Å². The van der Waals surface area contributed by atoms with Crippen molar-refractivity contribution in [1.29, 1.82) is 0 Å². The highest BCUT2D eigenvalue weighted by molar-refractivity contribution is 7.10. The number of nitrogens with one attached hydrogen (secondary N) is 1. The van der Waals surface area contributed by atoms with Gasteiger partial charge in [0.15, 0.2) is 11.7 Å². The lowest BCUT2D eigenvalue weighted by Gasteiger charge is -2.32. The number of hydrogen-bond donors (Lipinski definition) is 1. The summed E-state index contributed by atoms with van der Waals surface area (Å²) in [5, 5.41) is 8.88. The molecule has 0 saturated carbocycles. The molecule has 0 spiro atoms. The van der Waals surface area contributed by atoms with Crippen LogP contribution in [0.4, 0.5) is 24.7 Å². The topological polar surface area (TPSA) is 50.2 Å². The van der Waals surface area contributed by atoms with Gasteiger partial charge in [-0.05, 0) is 29.1 Å². The maximum Gasteiger partial charge on any atom is 0.410 e. The number of aromatic nitrogens is 2. The molecule has 0 bridgehead atoms. The van der Waals surface area contributed by atoms with Gasteiger partial charge in [-0.2, -0.15) is 18.3 Å². The number of thiophene rings is 1. The number of rotatable bonds is 5. The van der Waals surface area contributed by atoms with Crippen LogP contribution in [0, 0.1) is 0 Å². The molecule has 0 unspecified atom stereocenters. The van der Waals surface area contributed by atoms with Crippen molar-refractivity contribution in [1.82, 2.24) is 9.78 Å². The third-order valence-corrected chi connectivity index (χ3v) is 7.23. The van der Waals surface area contributed by atoms with E-state index >= 15 is 0 Å². The molecule has 10 heteroatoms. The van der Waals surface area contributed by atoms with Crippen molar-refractivity contribution in [3.8, 4) is 0 Å². The van der Waals surface area contributed by atoms with Crippen LogP contribution in [0.2, 0.25) is 5.02 Å². The van der Waals surface area contributed by atoms with Crippen molar-refractivity contribution in [2.75, 3.05) is 10.2 Å². The molecule has 0 aliphatic carbocycles. The molecule has 0 fully saturated rings. The van der Waals surface area contributed by atoms with Crippen molar-refractivity contribution in [2.45, 2.75) is 31.2 Å². The lowest BCUT2D eigenvalue weighted by molar-refractivity contribution is -0.173. The van der Waals surface area contributed by atoms with Gasteiger partial charge in [0.1, 0.15) is 10.8 Å². The van der Waals surface area contributed by atoms with E-state index in [9.17, 15) is 18.0 Å². The van der Waals surface area contributed by atoms with Crippen LogP contribution < -0.4 is 10.2 Å². The first-order valence-corrected chi connectivity index (χ1v) is 12.1. The molecule has 3 heterocycles. The monoisotopic (exact) mass is 516 g/mol. The Bertz CT molecular complexity index is 1310. The minimum absolute atomic E-state index is 0.00489. The van der Waals surface area contributed by atoms with Gasteiger partial charge in [0.25, 0.3) is 5.91 Å². The Hall–Kier alpha value is -3.30. The zero-order chi connectivity index (χ0) is 24.6. The van der Waals surface area contributed by atoms with Gasteiger partial charge in [0, 0.05) is 17.0 Å². The molecule has 180 valence electrons. The molecule has 0 radical (unpaired) electrons. The quantitative estimate of drug-likeness (QED) is 0.307. The number of carbonyl (C=O) groups excluding carboxylic acids is 1. The molecule has 2 aromatic heterocycles. The second kappa shape index (κ2) is 9.39. The molecule has 4 aromatic rings. The molecule has 1 aliphatic heterocycles. The van der Waals surface area contributed by atoms with E-state index < -0.39 is 24.2 Å². The highest BCUT2D eigenvalue weighted by atomic mass is 35.5. The predicted octanol–water partition coefficient (Wildman–Crippen LogP) is 7.11. The SMILES string of the molecule is O=C(c1nn2c(c1Cl)N[C@@H](c1cccs1)C[C@@H]2C(F)(F)F)N(Cc1ccccc1)c1ccccc1. The van der Waals surface area contributed by atoms with E-state index in [4.69, 9.17) is 11.6 Å². The number of hydrogen-bond acceptors (Lipinski definition) is 4. The van der Waals surface area contributed by atoms with E-state index in [0.717, 1.165) is 15.1 Å². The minimum Gasteiger partial charge on any atom is -0.361 e. The summed E-state index contributed by atoms with van der Waals surface area (Å²) >= 11 is 7.92. The van der Waals surface area contributed by atoms with Gasteiger partial charge in [-0.1, -0.05) is 66.2 Å². The smallest absolute Gasteiger partial charge is 0.361 e. The Labute approximate surface area is 208 Å². The van der Waals surface area contributed by atoms with Crippen molar-refractivity contribution in [3.05, 3.63) is 99.3 Å². The molecule has 1 aliphatic rings. The van der Waals surface area contributed by atoms with Crippen LogP contribution in [0.5, 0.6) is 0 Å². The first-order chi connectivity index (χ1) is 16.8. The Balaban J connectivity index is 1.56. The fraction of sp³-hybridized carbons (Fsp3) is 0.200. The van der Waals surface area contributed by atoms with Gasteiger partial charge in [-0.3, -0.25) is 4.79 Å². The number of amides is 1. The summed E-state index contributed by atoms with van der Waals surface area (Å²) in [4.78, 5) is 15.9. The summed E-state index contributed by atoms with van der Waals surface area (Å²) in [7, 11) is 0. The van der Waals surface area contributed by atoms with E-state index in [-0.39, 0.29) is 29.5 Å². The van der Waals surface area contributed by atoms with Crippen molar-refractivity contribution in [2.24, 2.45) is 0 Å². The highest BCUT2D eigenvalue weighted by Gasteiger charge is 2.48. The molecule has 5 rings (SSSR count). The zero-order valence-electron chi connectivity index (χ0n) is 18.2. The lowest BCUT2D eigenvalue weighted by Crippen LogP contribution is -2.35. The molecular weight excluding hydrogens is 497 g/mol. The maximum absolute atomic E-state index is 14.1. The minimum atomic E-state index is -4.56. The Morgan fingerprint density at radius 2 is 1.77 bits per heavy atom. The number of alkyl halides is 3. The summed E-state index contributed by atoms with van der Waals surface area (Å²) in [5.74, 6) is -0.586. The van der Waals surface area contributed by atoms with E-state index in [0.29, 0.717) is 5.69 Å². The Morgan fingerprint density at radius 3 is 2.40 bits per heavy atom. The van der Waals surface area contributed by atoms with Gasteiger partial charge in [-0.25, -0.2) is 4.68 Å². The molecule has 1 N–H and O–H groups in total. The predicted molar refractivity (Wildman–Crippen MR) is 131 cm³/mol. The van der Waals surface area contributed by atoms with E-state index in [1.54, 1.807) is 36.4 Å². The summed E-state index contributed by atoms with van der Waals surface area (Å²) in [5.41, 5.74) is 1.21. The van der Waals surface area contributed by atoms with Gasteiger partial charge < -0.3 is 10.2 Å². The van der Waals surface area contributed by atoms with Gasteiger partial charge in [0.2, 0.25) is 0 Å². The number of anilines is 2. The normalized spacial score (nSPS) is 17.5. The third-order valence-electron chi connectivity index (χ3n) is 5.88. The largest absolute Gasteiger partial charge is 0.410 e. The van der Waals surface area contributed by atoms with Crippen LogP contribution in [0.3, 0.4) is 0 Å². The number of halogens is 4. The third kappa shape index (κ3) is 4.66. The first kappa shape index (κ1) is 23.4. The van der Waals surface area contributed by atoms with E-state index in [1.807, 2.05) is 41.8 Å². The average molecular weight is 517 g/mol. The second-order valence-electron chi connectivity index (χ2n) is 8.17. The van der Waals surface area contributed by atoms with Crippen molar-refractivity contribution in [3.63, 3.8) is 0 Å². The molecule has 35 heavy (non-hydrogen) atoms. The number of carbonyl (C=O) groups is 1. The molecule has 0 saturated heterocycles. The summed E-state index contributed by atoms with van der Waals surface area (Å²) < 4.78 is 43.0. The van der Waals surface area contributed by atoms with Crippen molar-refractivity contribution < 1.29 is 18.0 Å². The zero-order valence-corrected chi connectivity index (χ0v) is 19.8. The standard InChI is InChI=1S/C25H20ClF3N4OS/c26-21-22(24(34)32(17-10-5-2-6-11-17)15-16-8-3-1-4-9-16)31-33-20(25(27,28)29)14-18(30-23(21)33)19-12-7-13-35-19/h1-13,18,20,30H,14-15H2/t18-,20-/m1/s1. The number of benzene rings is 2. The van der Waals surface area contributed by atoms with Crippen LogP contribution >= 0.6 is 22.9 Å². The second-order valence-corrected chi connectivity index (χ2v) is 9.53. The van der Waals surface area contributed by atoms with Crippen molar-refractivity contribution >= 4 is 40.4 Å². The fourth-order valence-corrected chi connectivity index (χ4v) is 5.23.